The van der Waals surface area contributed by atoms with Crippen LogP contribution in [0.2, 0.25) is 0 Å². The van der Waals surface area contributed by atoms with Crippen LogP contribution in [0, 0.1) is 0 Å². The second-order valence-corrected chi connectivity index (χ2v) is 14.3. The topological polar surface area (TPSA) is 21.3 Å². The molecular formula is C51H34N2O. The maximum Gasteiger partial charge on any atom is 0.135 e. The minimum Gasteiger partial charge on any atom is -0.456 e. The molecule has 0 bridgehead atoms. The van der Waals surface area contributed by atoms with E-state index in [1.165, 1.54) is 37.9 Å². The van der Waals surface area contributed by atoms with E-state index in [2.05, 4.69) is 186 Å². The van der Waals surface area contributed by atoms with Gasteiger partial charge in [-0.1, -0.05) is 110 Å². The number of aromatic nitrogens is 1. The van der Waals surface area contributed by atoms with E-state index in [9.17, 15) is 0 Å². The predicted octanol–water partition coefficient (Wildman–Crippen LogP) is 14.2. The zero-order valence-corrected chi connectivity index (χ0v) is 29.5. The Balaban J connectivity index is 1.17. The summed E-state index contributed by atoms with van der Waals surface area (Å²) in [5.74, 6) is 0. The molecule has 2 heterocycles. The molecule has 1 aliphatic rings. The zero-order chi connectivity index (χ0) is 35.8. The fraction of sp³-hybridized carbons (Fsp3) is 0.0196. The first-order chi connectivity index (χ1) is 26.7. The van der Waals surface area contributed by atoms with E-state index in [0.29, 0.717) is 0 Å². The lowest BCUT2D eigenvalue weighted by Gasteiger charge is -2.28. The molecule has 0 saturated heterocycles. The van der Waals surface area contributed by atoms with Crippen LogP contribution in [0.3, 0.4) is 0 Å². The van der Waals surface area contributed by atoms with Gasteiger partial charge in [0.15, 0.2) is 0 Å². The van der Waals surface area contributed by atoms with Gasteiger partial charge >= 0.3 is 0 Å². The monoisotopic (exact) mass is 690 g/mol. The largest absolute Gasteiger partial charge is 0.456 e. The molecule has 0 aliphatic heterocycles. The molecule has 10 aromatic rings. The lowest BCUT2D eigenvalue weighted by atomic mass is 10.0. The summed E-state index contributed by atoms with van der Waals surface area (Å²) in [7, 11) is 0. The molecule has 54 heavy (non-hydrogen) atoms. The highest BCUT2D eigenvalue weighted by Gasteiger charge is 2.20. The molecule has 0 radical (unpaired) electrons. The smallest absolute Gasteiger partial charge is 0.135 e. The van der Waals surface area contributed by atoms with Crippen LogP contribution in [0.4, 0.5) is 11.4 Å². The second-order valence-electron chi connectivity index (χ2n) is 14.3. The Hall–Kier alpha value is -7.10. The van der Waals surface area contributed by atoms with Crippen LogP contribution in [0.25, 0.3) is 82.1 Å². The Labute approximate surface area is 312 Å². The van der Waals surface area contributed by atoms with Crippen LogP contribution < -0.4 is 4.90 Å². The molecule has 3 heteroatoms. The summed E-state index contributed by atoms with van der Waals surface area (Å²) in [4.78, 5) is 2.34. The number of fused-ring (bicyclic) bond motifs is 9. The van der Waals surface area contributed by atoms with Crippen LogP contribution in [0.15, 0.2) is 204 Å². The summed E-state index contributed by atoms with van der Waals surface area (Å²) in [6.07, 6.45) is 7.48. The third kappa shape index (κ3) is 4.83. The molecule has 2 aromatic heterocycles. The molecule has 0 atom stereocenters. The second kappa shape index (κ2) is 12.0. The highest BCUT2D eigenvalue weighted by Crippen LogP contribution is 2.41. The number of para-hydroxylation sites is 2. The number of rotatable bonds is 5. The summed E-state index contributed by atoms with van der Waals surface area (Å²) in [6, 6.07) is 59.3. The number of allylic oxidation sites excluding steroid dienone is 4. The third-order valence-corrected chi connectivity index (χ3v) is 11.0. The van der Waals surface area contributed by atoms with Gasteiger partial charge in [0.2, 0.25) is 0 Å². The Morgan fingerprint density at radius 1 is 0.500 bits per heavy atom. The van der Waals surface area contributed by atoms with Crippen molar-refractivity contribution in [1.29, 1.82) is 0 Å². The first kappa shape index (κ1) is 30.5. The average Bonchev–Trinajstić information content (AvgIpc) is 3.76. The molecule has 0 saturated carbocycles. The molecule has 254 valence electrons. The molecule has 0 fully saturated rings. The van der Waals surface area contributed by atoms with Crippen molar-refractivity contribution in [3.8, 4) is 16.8 Å². The molecule has 0 amide bonds. The number of nitrogens with zero attached hydrogens (tertiary/aromatic N) is 2. The van der Waals surface area contributed by atoms with Crippen LogP contribution in [0.1, 0.15) is 6.42 Å². The number of furan rings is 1. The van der Waals surface area contributed by atoms with Crippen molar-refractivity contribution in [2.45, 2.75) is 6.42 Å². The molecule has 1 aliphatic carbocycles. The quantitative estimate of drug-likeness (QED) is 0.168. The van der Waals surface area contributed by atoms with Gasteiger partial charge in [0.1, 0.15) is 11.2 Å². The van der Waals surface area contributed by atoms with E-state index in [1.54, 1.807) is 0 Å². The van der Waals surface area contributed by atoms with Gasteiger partial charge in [-0.3, -0.25) is 0 Å². The Kier molecular flexibility index (Phi) is 6.77. The van der Waals surface area contributed by atoms with E-state index in [1.807, 2.05) is 12.1 Å². The van der Waals surface area contributed by atoms with Gasteiger partial charge in [0.25, 0.3) is 0 Å². The zero-order valence-electron chi connectivity index (χ0n) is 29.5. The van der Waals surface area contributed by atoms with E-state index in [-0.39, 0.29) is 0 Å². The fourth-order valence-electron chi connectivity index (χ4n) is 8.45. The first-order valence-corrected chi connectivity index (χ1v) is 18.5. The van der Waals surface area contributed by atoms with Gasteiger partial charge in [0, 0.05) is 44.3 Å². The molecular weight excluding hydrogens is 657 g/mol. The lowest BCUT2D eigenvalue weighted by Crippen LogP contribution is -2.16. The van der Waals surface area contributed by atoms with Crippen LogP contribution in [-0.4, -0.2) is 4.57 Å². The van der Waals surface area contributed by atoms with Crippen molar-refractivity contribution in [1.82, 2.24) is 4.57 Å². The number of benzene rings is 8. The fourth-order valence-corrected chi connectivity index (χ4v) is 8.45. The molecule has 0 unspecified atom stereocenters. The van der Waals surface area contributed by atoms with Crippen molar-refractivity contribution in [3.63, 3.8) is 0 Å². The van der Waals surface area contributed by atoms with Gasteiger partial charge in [0.05, 0.1) is 11.0 Å². The van der Waals surface area contributed by atoms with E-state index >= 15 is 0 Å². The normalized spacial score (nSPS) is 13.2. The molecule has 3 nitrogen and oxygen atoms in total. The van der Waals surface area contributed by atoms with Gasteiger partial charge in [-0.05, 0) is 124 Å². The van der Waals surface area contributed by atoms with Crippen molar-refractivity contribution in [2.75, 3.05) is 4.90 Å². The van der Waals surface area contributed by atoms with Gasteiger partial charge in [-0.2, -0.15) is 0 Å². The number of hydrogen-bond donors (Lipinski definition) is 0. The Bertz CT molecular complexity index is 3210. The van der Waals surface area contributed by atoms with Crippen molar-refractivity contribution in [2.24, 2.45) is 0 Å². The summed E-state index contributed by atoms with van der Waals surface area (Å²) < 4.78 is 8.62. The Morgan fingerprint density at radius 2 is 1.22 bits per heavy atom. The molecule has 8 aromatic carbocycles. The van der Waals surface area contributed by atoms with Crippen LogP contribution in [-0.2, 0) is 0 Å². The minimum atomic E-state index is 0.863. The lowest BCUT2D eigenvalue weighted by molar-refractivity contribution is 0.669. The minimum absolute atomic E-state index is 0.863. The first-order valence-electron chi connectivity index (χ1n) is 18.5. The molecule has 11 rings (SSSR count). The average molecular weight is 691 g/mol. The van der Waals surface area contributed by atoms with Crippen molar-refractivity contribution in [3.05, 3.63) is 200 Å². The maximum absolute atomic E-state index is 6.17. The van der Waals surface area contributed by atoms with E-state index < -0.39 is 0 Å². The predicted molar refractivity (Wildman–Crippen MR) is 228 cm³/mol. The van der Waals surface area contributed by atoms with Gasteiger partial charge < -0.3 is 13.9 Å². The summed E-state index contributed by atoms with van der Waals surface area (Å²) in [5, 5.41) is 9.66. The maximum atomic E-state index is 6.17. The third-order valence-electron chi connectivity index (χ3n) is 11.0. The van der Waals surface area contributed by atoms with Gasteiger partial charge in [-0.15, -0.1) is 0 Å². The van der Waals surface area contributed by atoms with E-state index in [4.69, 9.17) is 4.42 Å². The van der Waals surface area contributed by atoms with Crippen molar-refractivity contribution < 1.29 is 4.42 Å². The molecule has 0 spiro atoms. The molecule has 0 N–H and O–H groups in total. The van der Waals surface area contributed by atoms with Gasteiger partial charge in [-0.25, -0.2) is 0 Å². The van der Waals surface area contributed by atoms with Crippen LogP contribution >= 0.6 is 0 Å². The SMILES string of the molecule is C=C1C=C(N(c2ccccc2)c2ccc3c4cc(-c5ccc6oc7ccccc7c6c5)ccc4n(-c4ccc5ccc6ccccc6c5c4)c3c2)C=CC1. The van der Waals surface area contributed by atoms with Crippen molar-refractivity contribution >= 4 is 76.7 Å². The highest BCUT2D eigenvalue weighted by molar-refractivity contribution is 6.13. The highest BCUT2D eigenvalue weighted by atomic mass is 16.3. The Morgan fingerprint density at radius 3 is 2.09 bits per heavy atom. The van der Waals surface area contributed by atoms with E-state index in [0.717, 1.165) is 73.3 Å². The number of hydrogen-bond acceptors (Lipinski definition) is 2. The standard InChI is InChI=1S/C51H34N2O/c1-33-10-9-14-39(28-33)52(38-12-3-2-4-13-38)41-24-25-43-46-29-36(37-22-27-51-47(30-37)44-16-7-8-17-50(44)54-51)21-26-48(46)53(49(43)32-41)40-23-20-35-19-18-34-11-5-6-15-42(34)45(35)31-40/h2-9,11-32H,1,10H2. The summed E-state index contributed by atoms with van der Waals surface area (Å²) >= 11 is 0. The summed E-state index contributed by atoms with van der Waals surface area (Å²) in [5.41, 5.74) is 12.0. The summed E-state index contributed by atoms with van der Waals surface area (Å²) in [6.45, 7) is 4.31. The van der Waals surface area contributed by atoms with Crippen LogP contribution in [0.5, 0.6) is 0 Å². The number of anilines is 2.